The summed E-state index contributed by atoms with van der Waals surface area (Å²) in [6, 6.07) is 0. The molecule has 0 aromatic heterocycles. The predicted octanol–water partition coefficient (Wildman–Crippen LogP) is -2.31. The van der Waals surface area contributed by atoms with Crippen LogP contribution in [-0.2, 0) is 13.6 Å². The van der Waals surface area contributed by atoms with Gasteiger partial charge in [0.15, 0.2) is 0 Å². The summed E-state index contributed by atoms with van der Waals surface area (Å²) < 4.78 is 21.6. The van der Waals surface area contributed by atoms with Crippen LogP contribution in [-0.4, -0.2) is 78.7 Å². The monoisotopic (exact) mass is 340 g/mol. The zero-order valence-electron chi connectivity index (χ0n) is 13.4. The first-order valence-corrected chi connectivity index (χ1v) is 9.06. The third kappa shape index (κ3) is 18.0. The summed E-state index contributed by atoms with van der Waals surface area (Å²) in [5.41, 5.74) is 10.7. The number of nitrogens with two attached hydrogens (primary N) is 2. The fraction of sp³-hybridized carbons (Fsp3) is 1.00. The van der Waals surface area contributed by atoms with Crippen molar-refractivity contribution in [2.75, 3.05) is 78.7 Å². The molecule has 0 aromatic rings. The Kier molecular flexibility index (Phi) is 18.9. The molecule has 22 heavy (non-hydrogen) atoms. The molecule has 0 rings (SSSR count). The third-order valence-electron chi connectivity index (χ3n) is 2.60. The average Bonchev–Trinajstić information content (AvgIpc) is 2.52. The topological polar surface area (TPSA) is 136 Å². The molecule has 0 aliphatic carbocycles. The molecule has 0 saturated heterocycles. The van der Waals surface area contributed by atoms with Crippen LogP contribution in [0.1, 0.15) is 0 Å². The van der Waals surface area contributed by atoms with Gasteiger partial charge >= 0.3 is 8.25 Å². The van der Waals surface area contributed by atoms with Crippen LogP contribution in [0.4, 0.5) is 0 Å². The molecule has 10 heteroatoms. The normalized spacial score (nSPS) is 11.4. The Morgan fingerprint density at radius 2 is 1.00 bits per heavy atom. The molecular weight excluding hydrogens is 307 g/mol. The van der Waals surface area contributed by atoms with Crippen molar-refractivity contribution in [2.24, 2.45) is 11.5 Å². The Labute approximate surface area is 134 Å². The summed E-state index contributed by atoms with van der Waals surface area (Å²) in [4.78, 5) is 0. The van der Waals surface area contributed by atoms with Gasteiger partial charge in [-0.05, 0) is 0 Å². The highest BCUT2D eigenvalue weighted by Gasteiger charge is 1.99. The van der Waals surface area contributed by atoms with E-state index in [1.807, 2.05) is 0 Å². The minimum absolute atomic E-state index is 0.380. The van der Waals surface area contributed by atoms with E-state index in [2.05, 4.69) is 21.3 Å². The summed E-state index contributed by atoms with van der Waals surface area (Å²) in [6.07, 6.45) is 0. The van der Waals surface area contributed by atoms with Crippen molar-refractivity contribution in [2.45, 2.75) is 0 Å². The zero-order valence-corrected chi connectivity index (χ0v) is 14.4. The van der Waals surface area contributed by atoms with Gasteiger partial charge in [-0.3, -0.25) is 4.57 Å². The third-order valence-corrected chi connectivity index (χ3v) is 3.48. The van der Waals surface area contributed by atoms with Crippen LogP contribution in [0.5, 0.6) is 0 Å². The van der Waals surface area contributed by atoms with Crippen molar-refractivity contribution in [1.29, 1.82) is 0 Å². The van der Waals surface area contributed by atoms with Gasteiger partial charge in [0.1, 0.15) is 0 Å². The Morgan fingerprint density at radius 3 is 1.36 bits per heavy atom. The molecule has 0 spiro atoms. The maximum absolute atomic E-state index is 11.4. The van der Waals surface area contributed by atoms with Crippen LogP contribution in [0.2, 0.25) is 0 Å². The van der Waals surface area contributed by atoms with Crippen LogP contribution in [0, 0.1) is 0 Å². The molecular formula is C12H33N6O3P. The van der Waals surface area contributed by atoms with E-state index >= 15 is 0 Å². The van der Waals surface area contributed by atoms with E-state index in [1.54, 1.807) is 0 Å². The number of nitrogens with one attached hydrogen (secondary N) is 4. The molecule has 0 saturated carbocycles. The number of hydrogen-bond acceptors (Lipinski definition) is 9. The summed E-state index contributed by atoms with van der Waals surface area (Å²) in [7, 11) is -2.39. The van der Waals surface area contributed by atoms with Gasteiger partial charge < -0.3 is 41.8 Å². The summed E-state index contributed by atoms with van der Waals surface area (Å²) in [5, 5.41) is 12.7. The Balaban J connectivity index is 3.13. The first-order valence-electron chi connectivity index (χ1n) is 7.83. The van der Waals surface area contributed by atoms with Gasteiger partial charge in [-0.25, -0.2) is 0 Å². The molecule has 0 radical (unpaired) electrons. The van der Waals surface area contributed by atoms with Crippen molar-refractivity contribution in [3.63, 3.8) is 0 Å². The largest absolute Gasteiger partial charge is 0.329 e. The van der Waals surface area contributed by atoms with Crippen LogP contribution >= 0.6 is 8.25 Å². The van der Waals surface area contributed by atoms with E-state index in [-0.39, 0.29) is 0 Å². The fourth-order valence-corrected chi connectivity index (χ4v) is 2.13. The highest BCUT2D eigenvalue weighted by molar-refractivity contribution is 7.33. The van der Waals surface area contributed by atoms with E-state index in [9.17, 15) is 4.57 Å². The second-order valence-electron chi connectivity index (χ2n) is 4.52. The van der Waals surface area contributed by atoms with Crippen LogP contribution in [0.3, 0.4) is 0 Å². The number of rotatable bonds is 18. The molecule has 134 valence electrons. The molecule has 0 fully saturated rings. The van der Waals surface area contributed by atoms with Gasteiger partial charge in [0.2, 0.25) is 0 Å². The lowest BCUT2D eigenvalue weighted by Crippen LogP contribution is -2.32. The van der Waals surface area contributed by atoms with Gasteiger partial charge in [-0.1, -0.05) is 0 Å². The molecule has 0 atom stereocenters. The van der Waals surface area contributed by atoms with E-state index in [0.29, 0.717) is 39.4 Å². The summed E-state index contributed by atoms with van der Waals surface area (Å²) >= 11 is 0. The number of hydrogen-bond donors (Lipinski definition) is 6. The van der Waals surface area contributed by atoms with E-state index in [1.165, 1.54) is 0 Å². The Morgan fingerprint density at radius 1 is 0.636 bits per heavy atom. The summed E-state index contributed by atoms with van der Waals surface area (Å²) in [5.74, 6) is 0. The molecule has 9 nitrogen and oxygen atoms in total. The van der Waals surface area contributed by atoms with Gasteiger partial charge in [0, 0.05) is 65.4 Å². The van der Waals surface area contributed by atoms with Crippen LogP contribution in [0.15, 0.2) is 0 Å². The molecule has 0 bridgehead atoms. The molecule has 0 amide bonds. The van der Waals surface area contributed by atoms with Crippen LogP contribution in [0.25, 0.3) is 0 Å². The molecule has 0 heterocycles. The zero-order chi connectivity index (χ0) is 16.3. The molecule has 0 aliphatic heterocycles. The lowest BCUT2D eigenvalue weighted by atomic mass is 10.5. The quantitative estimate of drug-likeness (QED) is 0.120. The lowest BCUT2D eigenvalue weighted by Gasteiger charge is -2.08. The van der Waals surface area contributed by atoms with Crippen LogP contribution < -0.4 is 32.7 Å². The van der Waals surface area contributed by atoms with Crippen molar-refractivity contribution < 1.29 is 13.6 Å². The minimum Gasteiger partial charge on any atom is -0.329 e. The molecule has 0 unspecified atom stereocenters. The van der Waals surface area contributed by atoms with Gasteiger partial charge in [-0.15, -0.1) is 0 Å². The van der Waals surface area contributed by atoms with Gasteiger partial charge in [0.05, 0.1) is 13.2 Å². The first kappa shape index (κ1) is 21.9. The molecule has 0 aliphatic rings. The summed E-state index contributed by atoms with van der Waals surface area (Å²) in [6.45, 7) is 8.33. The SMILES string of the molecule is NCCNCCNCCO[PH](=O)OCCNCCNCCN. The van der Waals surface area contributed by atoms with E-state index in [4.69, 9.17) is 20.5 Å². The fourth-order valence-electron chi connectivity index (χ4n) is 1.51. The smallest absolute Gasteiger partial charge is 0.319 e. The minimum atomic E-state index is -2.39. The van der Waals surface area contributed by atoms with E-state index in [0.717, 1.165) is 39.3 Å². The molecule has 0 aromatic carbocycles. The standard InChI is InChI=1S/C12H33N6O3P/c13-1-3-15-5-7-17-9-11-20-22(19)21-12-10-18-8-6-16-4-2-14/h15-18,22H,1-14H2. The van der Waals surface area contributed by atoms with E-state index < -0.39 is 8.25 Å². The van der Waals surface area contributed by atoms with Gasteiger partial charge in [-0.2, -0.15) is 0 Å². The second kappa shape index (κ2) is 19.0. The Hall–Kier alpha value is -0.0900. The highest BCUT2D eigenvalue weighted by Crippen LogP contribution is 2.22. The predicted molar refractivity (Wildman–Crippen MR) is 90.5 cm³/mol. The first-order chi connectivity index (χ1) is 10.8. The van der Waals surface area contributed by atoms with Crippen molar-refractivity contribution in [1.82, 2.24) is 21.3 Å². The maximum Gasteiger partial charge on any atom is 0.319 e. The highest BCUT2D eigenvalue weighted by atomic mass is 31.1. The van der Waals surface area contributed by atoms with Crippen molar-refractivity contribution in [3.05, 3.63) is 0 Å². The second-order valence-corrected chi connectivity index (χ2v) is 5.60. The lowest BCUT2D eigenvalue weighted by molar-refractivity contribution is 0.226. The van der Waals surface area contributed by atoms with Crippen molar-refractivity contribution >= 4 is 8.25 Å². The Bertz CT molecular complexity index is 229. The maximum atomic E-state index is 11.4. The molecule has 8 N–H and O–H groups in total. The average molecular weight is 340 g/mol. The van der Waals surface area contributed by atoms with Gasteiger partial charge in [0.25, 0.3) is 0 Å². The van der Waals surface area contributed by atoms with Crippen molar-refractivity contribution in [3.8, 4) is 0 Å².